The van der Waals surface area contributed by atoms with Crippen LogP contribution in [-0.4, -0.2) is 19.3 Å². The highest BCUT2D eigenvalue weighted by atomic mass is 15.3. The van der Waals surface area contributed by atoms with Crippen LogP contribution < -0.4 is 5.32 Å². The minimum absolute atomic E-state index is 0.143. The molecule has 0 amide bonds. The van der Waals surface area contributed by atoms with Crippen molar-refractivity contribution in [3.8, 4) is 6.07 Å². The molecule has 6 nitrogen and oxygen atoms in total. The quantitative estimate of drug-likeness (QED) is 0.937. The van der Waals surface area contributed by atoms with E-state index in [1.807, 2.05) is 24.6 Å². The lowest BCUT2D eigenvalue weighted by molar-refractivity contribution is 0.465. The van der Waals surface area contributed by atoms with E-state index < -0.39 is 0 Å². The summed E-state index contributed by atoms with van der Waals surface area (Å²) in [6, 6.07) is 4.32. The predicted molar refractivity (Wildman–Crippen MR) is 83.1 cm³/mol. The molecule has 0 aromatic carbocycles. The Labute approximate surface area is 130 Å². The van der Waals surface area contributed by atoms with Crippen LogP contribution in [0.3, 0.4) is 0 Å². The Morgan fingerprint density at radius 3 is 2.95 bits per heavy atom. The predicted octanol–water partition coefficient (Wildman–Crippen LogP) is 1.98. The number of nitrogens with zero attached hydrogens (tertiary/aromatic N) is 5. The summed E-state index contributed by atoms with van der Waals surface area (Å²) in [5, 5.41) is 21.3. The third-order valence-corrected chi connectivity index (χ3v) is 4.63. The molecule has 2 aromatic rings. The third kappa shape index (κ3) is 2.53. The summed E-state index contributed by atoms with van der Waals surface area (Å²) in [6.07, 6.45) is 3.44. The van der Waals surface area contributed by atoms with Crippen LogP contribution in [0.2, 0.25) is 0 Å². The first-order valence-electron chi connectivity index (χ1n) is 7.82. The number of hydrogen-bond donors (Lipinski definition) is 1. The molecule has 3 rings (SSSR count). The van der Waals surface area contributed by atoms with Gasteiger partial charge in [0.25, 0.3) is 0 Å². The van der Waals surface area contributed by atoms with Crippen LogP contribution in [0.1, 0.15) is 54.4 Å². The average molecular weight is 298 g/mol. The number of nitrogens with one attached hydrogen (secondary N) is 1. The van der Waals surface area contributed by atoms with Crippen molar-refractivity contribution < 1.29 is 0 Å². The van der Waals surface area contributed by atoms with E-state index in [2.05, 4.69) is 33.1 Å². The Morgan fingerprint density at radius 1 is 1.41 bits per heavy atom. The monoisotopic (exact) mass is 298 g/mol. The van der Waals surface area contributed by atoms with Gasteiger partial charge in [0.2, 0.25) is 0 Å². The molecule has 1 aliphatic heterocycles. The van der Waals surface area contributed by atoms with Gasteiger partial charge < -0.3 is 14.5 Å². The summed E-state index contributed by atoms with van der Waals surface area (Å²) in [5.74, 6) is 2.13. The first kappa shape index (κ1) is 14.8. The zero-order chi connectivity index (χ0) is 15.7. The van der Waals surface area contributed by atoms with Gasteiger partial charge in [-0.25, -0.2) is 0 Å². The van der Waals surface area contributed by atoms with E-state index in [4.69, 9.17) is 5.26 Å². The first-order valence-corrected chi connectivity index (χ1v) is 7.82. The second-order valence-corrected chi connectivity index (χ2v) is 6.00. The summed E-state index contributed by atoms with van der Waals surface area (Å²) in [4.78, 5) is 0. The number of fused-ring (bicyclic) bond motifs is 1. The van der Waals surface area contributed by atoms with E-state index in [1.54, 1.807) is 0 Å². The summed E-state index contributed by atoms with van der Waals surface area (Å²) in [5.41, 5.74) is 2.98. The zero-order valence-corrected chi connectivity index (χ0v) is 13.4. The van der Waals surface area contributed by atoms with Crippen molar-refractivity contribution in [3.05, 3.63) is 34.7 Å². The van der Waals surface area contributed by atoms with Crippen LogP contribution in [0.4, 0.5) is 0 Å². The molecule has 116 valence electrons. The van der Waals surface area contributed by atoms with E-state index in [9.17, 15) is 0 Å². The van der Waals surface area contributed by atoms with E-state index in [0.717, 1.165) is 42.4 Å². The molecule has 1 aliphatic rings. The molecular formula is C16H22N6. The second kappa shape index (κ2) is 5.93. The largest absolute Gasteiger partial charge is 0.340 e. The molecule has 1 atom stereocenters. The molecule has 0 saturated carbocycles. The van der Waals surface area contributed by atoms with Crippen molar-refractivity contribution in [1.29, 1.82) is 5.26 Å². The fraction of sp³-hybridized carbons (Fsp3) is 0.562. The van der Waals surface area contributed by atoms with Gasteiger partial charge in [-0.2, -0.15) is 5.26 Å². The molecule has 0 radical (unpaired) electrons. The second-order valence-electron chi connectivity index (χ2n) is 6.00. The number of rotatable bonds is 4. The SMILES string of the molecule is Cc1c(CNC(C)c2nnc3n2CCCC3)cc(C#N)n1C. The van der Waals surface area contributed by atoms with Gasteiger partial charge in [-0.3, -0.25) is 0 Å². The number of nitriles is 1. The van der Waals surface area contributed by atoms with E-state index in [-0.39, 0.29) is 6.04 Å². The highest BCUT2D eigenvalue weighted by Crippen LogP contribution is 2.20. The molecule has 1 unspecified atom stereocenters. The molecule has 2 aromatic heterocycles. The van der Waals surface area contributed by atoms with Crippen LogP contribution in [0.25, 0.3) is 0 Å². The minimum atomic E-state index is 0.143. The topological polar surface area (TPSA) is 71.5 Å². The minimum Gasteiger partial charge on any atom is -0.340 e. The Hall–Kier alpha value is -2.13. The molecule has 1 N–H and O–H groups in total. The fourth-order valence-electron chi connectivity index (χ4n) is 3.05. The Bertz CT molecular complexity index is 718. The number of aryl methyl sites for hydroxylation is 1. The molecule has 0 saturated heterocycles. The third-order valence-electron chi connectivity index (χ3n) is 4.63. The van der Waals surface area contributed by atoms with Crippen molar-refractivity contribution in [2.24, 2.45) is 7.05 Å². The highest BCUT2D eigenvalue weighted by Gasteiger charge is 2.20. The van der Waals surface area contributed by atoms with Crippen LogP contribution in [-0.2, 0) is 26.6 Å². The maximum Gasteiger partial charge on any atom is 0.149 e. The van der Waals surface area contributed by atoms with Gasteiger partial charge >= 0.3 is 0 Å². The first-order chi connectivity index (χ1) is 10.6. The van der Waals surface area contributed by atoms with E-state index in [1.165, 1.54) is 12.8 Å². The maximum atomic E-state index is 9.10. The Kier molecular flexibility index (Phi) is 3.99. The lowest BCUT2D eigenvalue weighted by atomic mass is 10.1. The summed E-state index contributed by atoms with van der Waals surface area (Å²) in [6.45, 7) is 5.91. The molecular weight excluding hydrogens is 276 g/mol. The highest BCUT2D eigenvalue weighted by molar-refractivity contribution is 5.34. The van der Waals surface area contributed by atoms with E-state index >= 15 is 0 Å². The van der Waals surface area contributed by atoms with Crippen molar-refractivity contribution >= 4 is 0 Å². The zero-order valence-electron chi connectivity index (χ0n) is 13.4. The molecule has 0 aliphatic carbocycles. The van der Waals surface area contributed by atoms with Crippen molar-refractivity contribution in [1.82, 2.24) is 24.6 Å². The van der Waals surface area contributed by atoms with Gasteiger partial charge in [-0.05, 0) is 38.3 Å². The van der Waals surface area contributed by atoms with E-state index in [0.29, 0.717) is 5.69 Å². The summed E-state index contributed by atoms with van der Waals surface area (Å²) >= 11 is 0. The molecule has 22 heavy (non-hydrogen) atoms. The lowest BCUT2D eigenvalue weighted by Crippen LogP contribution is -2.23. The molecule has 0 spiro atoms. The van der Waals surface area contributed by atoms with Crippen LogP contribution >= 0.6 is 0 Å². The molecule has 3 heterocycles. The van der Waals surface area contributed by atoms with Crippen molar-refractivity contribution in [2.45, 2.75) is 52.2 Å². The number of aromatic nitrogens is 4. The Morgan fingerprint density at radius 2 is 2.23 bits per heavy atom. The van der Waals surface area contributed by atoms with Gasteiger partial charge in [0.1, 0.15) is 23.4 Å². The molecule has 6 heteroatoms. The maximum absolute atomic E-state index is 9.10. The van der Waals surface area contributed by atoms with Gasteiger partial charge in [0.05, 0.1) is 6.04 Å². The number of hydrogen-bond acceptors (Lipinski definition) is 4. The standard InChI is InChI=1S/C16H22N6/c1-11(16-20-19-15-6-4-5-7-22(15)16)18-10-13-8-14(9-17)21(3)12(13)2/h8,11,18H,4-7,10H2,1-3H3. The van der Waals surface area contributed by atoms with Crippen LogP contribution in [0, 0.1) is 18.3 Å². The smallest absolute Gasteiger partial charge is 0.149 e. The normalized spacial score (nSPS) is 15.4. The fourth-order valence-corrected chi connectivity index (χ4v) is 3.05. The van der Waals surface area contributed by atoms with Gasteiger partial charge in [-0.15, -0.1) is 10.2 Å². The van der Waals surface area contributed by atoms with Gasteiger partial charge in [-0.1, -0.05) is 0 Å². The molecule has 0 bridgehead atoms. The average Bonchev–Trinajstić information content (AvgIpc) is 3.08. The summed E-state index contributed by atoms with van der Waals surface area (Å²) in [7, 11) is 1.93. The van der Waals surface area contributed by atoms with Crippen molar-refractivity contribution in [3.63, 3.8) is 0 Å². The van der Waals surface area contributed by atoms with Crippen LogP contribution in [0.15, 0.2) is 6.07 Å². The lowest BCUT2D eigenvalue weighted by Gasteiger charge is -2.18. The Balaban J connectivity index is 1.72. The molecule has 0 fully saturated rings. The summed E-state index contributed by atoms with van der Waals surface area (Å²) < 4.78 is 4.18. The van der Waals surface area contributed by atoms with Crippen molar-refractivity contribution in [2.75, 3.05) is 0 Å². The van der Waals surface area contributed by atoms with Crippen LogP contribution in [0.5, 0.6) is 0 Å². The van der Waals surface area contributed by atoms with Gasteiger partial charge in [0.15, 0.2) is 0 Å². The van der Waals surface area contributed by atoms with Gasteiger partial charge in [0, 0.05) is 32.3 Å².